The van der Waals surface area contributed by atoms with E-state index >= 15 is 0 Å². The van der Waals surface area contributed by atoms with Gasteiger partial charge in [-0.1, -0.05) is 31.1 Å². The number of nitrogens with one attached hydrogen (secondary N) is 1. The molecule has 0 aliphatic rings. The summed E-state index contributed by atoms with van der Waals surface area (Å²) >= 11 is 0. The molecule has 1 heterocycles. The van der Waals surface area contributed by atoms with Crippen LogP contribution in [0.25, 0.3) is 0 Å². The van der Waals surface area contributed by atoms with Crippen molar-refractivity contribution in [3.63, 3.8) is 0 Å². The lowest BCUT2D eigenvalue weighted by Gasteiger charge is -2.24. The van der Waals surface area contributed by atoms with Crippen molar-refractivity contribution in [2.45, 2.75) is 26.4 Å². The van der Waals surface area contributed by atoms with E-state index in [0.717, 1.165) is 0 Å². The van der Waals surface area contributed by atoms with E-state index in [9.17, 15) is 14.7 Å². The van der Waals surface area contributed by atoms with Crippen LogP contribution in [0, 0.1) is 5.92 Å². The minimum atomic E-state index is -0.958. The van der Waals surface area contributed by atoms with Crippen LogP contribution < -0.4 is 5.32 Å². The van der Waals surface area contributed by atoms with Gasteiger partial charge in [-0.25, -0.2) is 0 Å². The molecule has 7 nitrogen and oxygen atoms in total. The Kier molecular flexibility index (Phi) is 5.70. The zero-order valence-corrected chi connectivity index (χ0v) is 13.9. The summed E-state index contributed by atoms with van der Waals surface area (Å²) in [6.07, 6.45) is 1.45. The highest BCUT2D eigenvalue weighted by Gasteiger charge is 2.25. The van der Waals surface area contributed by atoms with Crippen molar-refractivity contribution in [3.8, 4) is 0 Å². The molecular formula is C17H21N3O4. The molecule has 0 aliphatic heterocycles. The minimum Gasteiger partial charge on any atom is -0.480 e. The highest BCUT2D eigenvalue weighted by Crippen LogP contribution is 2.23. The van der Waals surface area contributed by atoms with Crippen LogP contribution in [0.15, 0.2) is 41.1 Å². The quantitative estimate of drug-likeness (QED) is 0.809. The van der Waals surface area contributed by atoms with Crippen LogP contribution >= 0.6 is 0 Å². The van der Waals surface area contributed by atoms with Gasteiger partial charge in [-0.15, -0.1) is 0 Å². The van der Waals surface area contributed by atoms with E-state index in [1.54, 1.807) is 42.3 Å². The number of nitrogens with zero attached hydrogens (tertiary/aromatic N) is 2. The topological polar surface area (TPSA) is 95.7 Å². The van der Waals surface area contributed by atoms with Gasteiger partial charge in [0.15, 0.2) is 0 Å². The summed E-state index contributed by atoms with van der Waals surface area (Å²) in [5, 5.41) is 16.1. The highest BCUT2D eigenvalue weighted by molar-refractivity contribution is 5.92. The van der Waals surface area contributed by atoms with Crippen molar-refractivity contribution in [2.75, 3.05) is 12.4 Å². The molecule has 1 aromatic carbocycles. The molecule has 0 spiro atoms. The summed E-state index contributed by atoms with van der Waals surface area (Å²) in [6.45, 7) is 3.96. The Morgan fingerprint density at radius 2 is 1.92 bits per heavy atom. The van der Waals surface area contributed by atoms with Crippen molar-refractivity contribution >= 4 is 17.6 Å². The average molecular weight is 331 g/mol. The first-order valence-corrected chi connectivity index (χ1v) is 7.61. The molecule has 7 heteroatoms. The zero-order valence-electron chi connectivity index (χ0n) is 13.9. The standard InChI is InChI=1S/C17H21N3O4/c1-11(2)16(21)18-13-6-4-12(5-7-13)15(17(22)23)20(3)10-14-8-9-24-19-14/h4-9,11,15H,10H2,1-3H3,(H,18,21)(H,22,23). The summed E-state index contributed by atoms with van der Waals surface area (Å²) in [7, 11) is 1.71. The van der Waals surface area contributed by atoms with Crippen LogP contribution in [0.2, 0.25) is 0 Å². The third-order valence-electron chi connectivity index (χ3n) is 3.60. The number of aromatic nitrogens is 1. The summed E-state index contributed by atoms with van der Waals surface area (Å²) in [6, 6.07) is 7.68. The Labute approximate surface area is 140 Å². The van der Waals surface area contributed by atoms with Gasteiger partial charge in [0, 0.05) is 24.2 Å². The number of amides is 1. The lowest BCUT2D eigenvalue weighted by molar-refractivity contribution is -0.143. The lowest BCUT2D eigenvalue weighted by atomic mass is 10.0. The second-order valence-electron chi connectivity index (χ2n) is 5.91. The van der Waals surface area contributed by atoms with Gasteiger partial charge in [-0.3, -0.25) is 14.5 Å². The maximum atomic E-state index is 11.7. The molecule has 0 saturated heterocycles. The second kappa shape index (κ2) is 7.74. The van der Waals surface area contributed by atoms with Crippen molar-refractivity contribution in [2.24, 2.45) is 5.92 Å². The maximum absolute atomic E-state index is 11.7. The molecule has 1 unspecified atom stereocenters. The van der Waals surface area contributed by atoms with E-state index in [1.807, 2.05) is 13.8 Å². The van der Waals surface area contributed by atoms with Gasteiger partial charge in [0.2, 0.25) is 5.91 Å². The van der Waals surface area contributed by atoms with Gasteiger partial charge < -0.3 is 14.9 Å². The number of hydrogen-bond acceptors (Lipinski definition) is 5. The van der Waals surface area contributed by atoms with Gasteiger partial charge in [-0.05, 0) is 24.7 Å². The average Bonchev–Trinajstić information content (AvgIpc) is 3.01. The first-order chi connectivity index (χ1) is 11.4. The summed E-state index contributed by atoms with van der Waals surface area (Å²) in [5.74, 6) is -1.16. The lowest BCUT2D eigenvalue weighted by Crippen LogP contribution is -2.30. The molecule has 0 fully saturated rings. The molecule has 0 bridgehead atoms. The Morgan fingerprint density at radius 1 is 1.25 bits per heavy atom. The fourth-order valence-corrected chi connectivity index (χ4v) is 2.29. The van der Waals surface area contributed by atoms with Crippen molar-refractivity contribution in [3.05, 3.63) is 47.9 Å². The Bertz CT molecular complexity index is 680. The molecule has 1 amide bonds. The molecule has 0 aliphatic carbocycles. The Morgan fingerprint density at radius 3 is 2.42 bits per heavy atom. The monoisotopic (exact) mass is 331 g/mol. The largest absolute Gasteiger partial charge is 0.480 e. The van der Waals surface area contributed by atoms with Crippen LogP contribution in [0.1, 0.15) is 31.1 Å². The predicted molar refractivity (Wildman–Crippen MR) is 88.3 cm³/mol. The minimum absolute atomic E-state index is 0.0827. The summed E-state index contributed by atoms with van der Waals surface area (Å²) in [5.41, 5.74) is 1.92. The van der Waals surface area contributed by atoms with Gasteiger partial charge >= 0.3 is 5.97 Å². The number of carbonyl (C=O) groups excluding carboxylic acids is 1. The molecule has 2 aromatic rings. The van der Waals surface area contributed by atoms with Gasteiger partial charge in [0.25, 0.3) is 0 Å². The zero-order chi connectivity index (χ0) is 17.7. The van der Waals surface area contributed by atoms with Crippen LogP contribution in [-0.4, -0.2) is 34.1 Å². The number of carboxylic acids is 1. The fraction of sp³-hybridized carbons (Fsp3) is 0.353. The van der Waals surface area contributed by atoms with Crippen LogP contribution in [0.5, 0.6) is 0 Å². The van der Waals surface area contributed by atoms with Crippen molar-refractivity contribution in [1.82, 2.24) is 10.1 Å². The molecule has 1 atom stereocenters. The van der Waals surface area contributed by atoms with Crippen LogP contribution in [0.3, 0.4) is 0 Å². The first kappa shape index (κ1) is 17.7. The number of carboxylic acid groups (broad SMARTS) is 1. The number of hydrogen-bond donors (Lipinski definition) is 2. The molecule has 2 N–H and O–H groups in total. The van der Waals surface area contributed by atoms with E-state index in [2.05, 4.69) is 10.5 Å². The summed E-state index contributed by atoms with van der Waals surface area (Å²) < 4.78 is 4.77. The number of aliphatic carboxylic acids is 1. The first-order valence-electron chi connectivity index (χ1n) is 7.61. The Hall–Kier alpha value is -2.67. The molecule has 0 radical (unpaired) electrons. The second-order valence-corrected chi connectivity index (χ2v) is 5.91. The molecule has 1 aromatic heterocycles. The highest BCUT2D eigenvalue weighted by atomic mass is 16.5. The van der Waals surface area contributed by atoms with Gasteiger partial charge in [-0.2, -0.15) is 0 Å². The van der Waals surface area contributed by atoms with E-state index < -0.39 is 12.0 Å². The van der Waals surface area contributed by atoms with E-state index in [4.69, 9.17) is 4.52 Å². The SMILES string of the molecule is CC(C)C(=O)Nc1ccc(C(C(=O)O)N(C)Cc2ccon2)cc1. The number of likely N-dealkylation sites (N-methyl/N-ethyl adjacent to an activating group) is 1. The number of anilines is 1. The van der Waals surface area contributed by atoms with Crippen LogP contribution in [0.4, 0.5) is 5.69 Å². The number of benzene rings is 1. The third-order valence-corrected chi connectivity index (χ3v) is 3.60. The maximum Gasteiger partial charge on any atom is 0.325 e. The number of carbonyl (C=O) groups is 2. The van der Waals surface area contributed by atoms with Crippen molar-refractivity contribution < 1.29 is 19.2 Å². The number of rotatable bonds is 7. The molecular weight excluding hydrogens is 310 g/mol. The van der Waals surface area contributed by atoms with Gasteiger partial charge in [0.1, 0.15) is 12.3 Å². The smallest absolute Gasteiger partial charge is 0.325 e. The third kappa shape index (κ3) is 4.42. The molecule has 0 saturated carbocycles. The van der Waals surface area contributed by atoms with E-state index in [1.165, 1.54) is 6.26 Å². The molecule has 2 rings (SSSR count). The molecule has 24 heavy (non-hydrogen) atoms. The normalized spacial score (nSPS) is 12.4. The van der Waals surface area contributed by atoms with Crippen LogP contribution in [-0.2, 0) is 16.1 Å². The summed E-state index contributed by atoms with van der Waals surface area (Å²) in [4.78, 5) is 25.0. The van der Waals surface area contributed by atoms with Crippen molar-refractivity contribution in [1.29, 1.82) is 0 Å². The fourth-order valence-electron chi connectivity index (χ4n) is 2.29. The Balaban J connectivity index is 2.13. The predicted octanol–water partition coefficient (Wildman–Crippen LogP) is 2.53. The van der Waals surface area contributed by atoms with E-state index in [0.29, 0.717) is 23.5 Å². The molecule has 128 valence electrons. The van der Waals surface area contributed by atoms with E-state index in [-0.39, 0.29) is 11.8 Å². The van der Waals surface area contributed by atoms with Gasteiger partial charge in [0.05, 0.1) is 5.69 Å².